The van der Waals surface area contributed by atoms with Gasteiger partial charge in [-0.2, -0.15) is 0 Å². The summed E-state index contributed by atoms with van der Waals surface area (Å²) in [5.41, 5.74) is 15.5. The van der Waals surface area contributed by atoms with Crippen molar-refractivity contribution >= 4 is 35.1 Å². The lowest BCUT2D eigenvalue weighted by molar-refractivity contribution is 0.524. The van der Waals surface area contributed by atoms with E-state index >= 15 is 0 Å². The van der Waals surface area contributed by atoms with Crippen LogP contribution in [0, 0.1) is 0 Å². The van der Waals surface area contributed by atoms with Crippen LogP contribution in [-0.2, 0) is 6.42 Å². The molecule has 5 N–H and O–H groups in total. The van der Waals surface area contributed by atoms with Gasteiger partial charge < -0.3 is 11.5 Å². The van der Waals surface area contributed by atoms with Crippen LogP contribution in [-0.4, -0.2) is 15.3 Å². The Morgan fingerprint density at radius 3 is 2.85 bits per heavy atom. The number of nitrogens with one attached hydrogen (secondary N) is 1. The first kappa shape index (κ1) is 13.3. The molecule has 0 bridgehead atoms. The molecule has 20 heavy (non-hydrogen) atoms. The predicted octanol–water partition coefficient (Wildman–Crippen LogP) is 2.24. The molecule has 0 saturated heterocycles. The zero-order chi connectivity index (χ0) is 14.3. The Labute approximate surface area is 126 Å². The number of fused-ring (bicyclic) bond motifs is 1. The van der Waals surface area contributed by atoms with Crippen molar-refractivity contribution in [1.82, 2.24) is 9.66 Å². The Morgan fingerprint density at radius 1 is 1.30 bits per heavy atom. The third-order valence-electron chi connectivity index (χ3n) is 3.15. The van der Waals surface area contributed by atoms with Gasteiger partial charge in [-0.3, -0.25) is 5.43 Å². The highest BCUT2D eigenvalue weighted by Gasteiger charge is 2.27. The first-order chi connectivity index (χ1) is 9.47. The van der Waals surface area contributed by atoms with E-state index < -0.39 is 5.66 Å². The number of aromatic nitrogens is 2. The van der Waals surface area contributed by atoms with Crippen LogP contribution < -0.4 is 16.9 Å². The Balaban J connectivity index is 1.87. The minimum Gasteiger partial charge on any atom is -0.382 e. The van der Waals surface area contributed by atoms with Gasteiger partial charge in [-0.15, -0.1) is 0 Å². The van der Waals surface area contributed by atoms with Gasteiger partial charge in [0.05, 0.1) is 16.2 Å². The summed E-state index contributed by atoms with van der Waals surface area (Å²) in [7, 11) is 0. The lowest BCUT2D eigenvalue weighted by Crippen LogP contribution is -2.53. The highest BCUT2D eigenvalue weighted by molar-refractivity contribution is 6.42. The quantitative estimate of drug-likeness (QED) is 0.794. The molecule has 0 amide bonds. The molecule has 1 atom stereocenters. The van der Waals surface area contributed by atoms with Gasteiger partial charge in [0.15, 0.2) is 5.82 Å². The lowest BCUT2D eigenvalue weighted by Gasteiger charge is -2.32. The van der Waals surface area contributed by atoms with Gasteiger partial charge >= 0.3 is 0 Å². The molecular weight excluding hydrogens is 297 g/mol. The minimum atomic E-state index is -0.765. The van der Waals surface area contributed by atoms with Gasteiger partial charge in [-0.25, -0.2) is 9.66 Å². The van der Waals surface area contributed by atoms with Crippen molar-refractivity contribution in [3.63, 3.8) is 0 Å². The van der Waals surface area contributed by atoms with Crippen LogP contribution in [0.2, 0.25) is 10.0 Å². The molecule has 0 spiro atoms. The van der Waals surface area contributed by atoms with Crippen LogP contribution in [0.15, 0.2) is 30.5 Å². The topological polar surface area (TPSA) is 81.9 Å². The molecule has 1 unspecified atom stereocenters. The number of nitrogens with two attached hydrogens (primary N) is 2. The molecule has 2 heterocycles. The zero-order valence-electron chi connectivity index (χ0n) is 10.5. The fraction of sp³-hybridized carbons (Fsp3) is 0.154. The third kappa shape index (κ3) is 2.35. The number of hydrogen-bond acceptors (Lipinski definition) is 4. The average Bonchev–Trinajstić information content (AvgIpc) is 2.75. The number of rotatable bonds is 2. The van der Waals surface area contributed by atoms with E-state index in [1.807, 2.05) is 18.2 Å². The lowest BCUT2D eigenvalue weighted by atomic mass is 9.99. The van der Waals surface area contributed by atoms with Gasteiger partial charge in [0, 0.05) is 6.42 Å². The summed E-state index contributed by atoms with van der Waals surface area (Å²) in [6.45, 7) is 0. The summed E-state index contributed by atoms with van der Waals surface area (Å²) in [6.07, 6.45) is 5.82. The van der Waals surface area contributed by atoms with Crippen molar-refractivity contribution in [2.75, 3.05) is 11.2 Å². The van der Waals surface area contributed by atoms with Crippen LogP contribution in [0.25, 0.3) is 6.08 Å². The minimum absolute atomic E-state index is 0.508. The molecule has 0 fully saturated rings. The summed E-state index contributed by atoms with van der Waals surface area (Å²) in [6, 6.07) is 5.46. The van der Waals surface area contributed by atoms with Crippen LogP contribution in [0.3, 0.4) is 0 Å². The second-order valence-corrected chi connectivity index (χ2v) is 5.60. The van der Waals surface area contributed by atoms with Crippen molar-refractivity contribution in [2.45, 2.75) is 12.1 Å². The smallest absolute Gasteiger partial charge is 0.153 e. The highest BCUT2D eigenvalue weighted by atomic mass is 35.5. The van der Waals surface area contributed by atoms with E-state index in [9.17, 15) is 0 Å². The maximum Gasteiger partial charge on any atom is 0.153 e. The van der Waals surface area contributed by atoms with Crippen LogP contribution in [0.4, 0.5) is 5.82 Å². The van der Waals surface area contributed by atoms with Gasteiger partial charge in [0.1, 0.15) is 11.5 Å². The van der Waals surface area contributed by atoms with Crippen molar-refractivity contribution in [3.05, 3.63) is 51.9 Å². The van der Waals surface area contributed by atoms with E-state index in [0.29, 0.717) is 22.3 Å². The number of nitrogen functional groups attached to an aromatic ring is 1. The van der Waals surface area contributed by atoms with Gasteiger partial charge in [-0.1, -0.05) is 29.3 Å². The predicted molar refractivity (Wildman–Crippen MR) is 82.1 cm³/mol. The first-order valence-electron chi connectivity index (χ1n) is 6.00. The molecule has 2 aromatic rings. The van der Waals surface area contributed by atoms with E-state index in [-0.39, 0.29) is 0 Å². The molecule has 104 valence electrons. The molecule has 5 nitrogen and oxygen atoms in total. The number of halogens is 2. The van der Waals surface area contributed by atoms with E-state index in [4.69, 9.17) is 34.7 Å². The average molecular weight is 310 g/mol. The van der Waals surface area contributed by atoms with E-state index in [1.54, 1.807) is 23.0 Å². The second kappa shape index (κ2) is 4.70. The third-order valence-corrected chi connectivity index (χ3v) is 3.89. The Hall–Kier alpha value is -1.69. The molecule has 3 rings (SSSR count). The standard InChI is InChI=1S/C13H13Cl2N5/c14-9-2-1-8(5-10(9)15)6-13(17)4-3-12-18-7-11(16)20(12)19-13/h1-5,7,19H,6,16-17H2. The normalized spacial score (nSPS) is 20.6. The van der Waals surface area contributed by atoms with Gasteiger partial charge in [0.25, 0.3) is 0 Å². The maximum absolute atomic E-state index is 6.34. The fourth-order valence-electron chi connectivity index (χ4n) is 2.17. The van der Waals surface area contributed by atoms with Crippen LogP contribution in [0.1, 0.15) is 11.4 Å². The van der Waals surface area contributed by atoms with Gasteiger partial charge in [-0.05, 0) is 29.8 Å². The zero-order valence-corrected chi connectivity index (χ0v) is 12.0. The largest absolute Gasteiger partial charge is 0.382 e. The molecule has 0 saturated carbocycles. The van der Waals surface area contributed by atoms with E-state index in [0.717, 1.165) is 11.4 Å². The van der Waals surface area contributed by atoms with E-state index in [2.05, 4.69) is 10.4 Å². The number of anilines is 1. The van der Waals surface area contributed by atoms with Crippen molar-refractivity contribution < 1.29 is 0 Å². The summed E-state index contributed by atoms with van der Waals surface area (Å²) >= 11 is 11.9. The molecule has 1 aliphatic rings. The Bertz CT molecular complexity index is 694. The summed E-state index contributed by atoms with van der Waals surface area (Å²) in [5.74, 6) is 1.23. The SMILES string of the molecule is Nc1cnc2n1NC(N)(Cc1ccc(Cl)c(Cl)c1)C=C2. The number of imidazole rings is 1. The number of hydrogen-bond donors (Lipinski definition) is 3. The van der Waals surface area contributed by atoms with Crippen molar-refractivity contribution in [3.8, 4) is 0 Å². The van der Waals surface area contributed by atoms with Gasteiger partial charge in [0.2, 0.25) is 0 Å². The molecule has 1 aliphatic heterocycles. The molecule has 1 aromatic carbocycles. The number of benzene rings is 1. The molecule has 7 heteroatoms. The van der Waals surface area contributed by atoms with Crippen molar-refractivity contribution in [2.24, 2.45) is 5.73 Å². The Kier molecular flexibility index (Phi) is 3.12. The monoisotopic (exact) mass is 309 g/mol. The second-order valence-electron chi connectivity index (χ2n) is 4.79. The summed E-state index contributed by atoms with van der Waals surface area (Å²) in [5, 5.41) is 1.03. The molecule has 1 aromatic heterocycles. The van der Waals surface area contributed by atoms with Crippen LogP contribution in [0.5, 0.6) is 0 Å². The molecular formula is C13H13Cl2N5. The summed E-state index contributed by atoms with van der Waals surface area (Å²) < 4.78 is 1.66. The van der Waals surface area contributed by atoms with Crippen molar-refractivity contribution in [1.29, 1.82) is 0 Å². The molecule has 0 radical (unpaired) electrons. The highest BCUT2D eigenvalue weighted by Crippen LogP contribution is 2.26. The summed E-state index contributed by atoms with van der Waals surface area (Å²) in [4.78, 5) is 4.15. The maximum atomic E-state index is 6.34. The Morgan fingerprint density at radius 2 is 2.10 bits per heavy atom. The fourth-order valence-corrected chi connectivity index (χ4v) is 2.49. The van der Waals surface area contributed by atoms with E-state index in [1.165, 1.54) is 0 Å². The number of nitrogens with zero attached hydrogens (tertiary/aromatic N) is 2. The first-order valence-corrected chi connectivity index (χ1v) is 6.76. The van der Waals surface area contributed by atoms with Crippen LogP contribution >= 0.6 is 23.2 Å². The molecule has 0 aliphatic carbocycles.